The maximum Gasteiger partial charge on any atom is 0.310 e. The van der Waals surface area contributed by atoms with E-state index < -0.39 is 11.9 Å². The number of carboxylic acid groups (broad SMARTS) is 1. The minimum atomic E-state index is -0.871. The number of hydrogen-bond acceptors (Lipinski definition) is 3. The van der Waals surface area contributed by atoms with Crippen LogP contribution in [0, 0.1) is 5.92 Å². The standard InChI is InChI=1S/C19H19NO4/c1-12(19(22)23)13-6-8-16(9-7-13)20-18(21)15-10-14-4-2-3-5-17(14)24-11-15/h2-9,12,15H,10-11H2,1H3,(H,20,21)(H,22,23). The van der Waals surface area contributed by atoms with Crippen molar-refractivity contribution in [1.29, 1.82) is 0 Å². The van der Waals surface area contributed by atoms with Gasteiger partial charge in [-0.15, -0.1) is 0 Å². The van der Waals surface area contributed by atoms with Gasteiger partial charge in [0.1, 0.15) is 12.4 Å². The monoisotopic (exact) mass is 325 g/mol. The van der Waals surface area contributed by atoms with E-state index >= 15 is 0 Å². The number of para-hydroxylation sites is 1. The number of benzene rings is 2. The third-order valence-electron chi connectivity index (χ3n) is 4.30. The molecule has 1 aliphatic heterocycles. The molecular weight excluding hydrogens is 306 g/mol. The number of carbonyl (C=O) groups excluding carboxylic acids is 1. The summed E-state index contributed by atoms with van der Waals surface area (Å²) in [5, 5.41) is 11.9. The van der Waals surface area contributed by atoms with Crippen molar-refractivity contribution in [1.82, 2.24) is 0 Å². The van der Waals surface area contributed by atoms with Gasteiger partial charge in [-0.25, -0.2) is 0 Å². The lowest BCUT2D eigenvalue weighted by atomic mass is 9.96. The Bertz CT molecular complexity index is 754. The van der Waals surface area contributed by atoms with Crippen LogP contribution in [0.2, 0.25) is 0 Å². The Labute approximate surface area is 140 Å². The lowest BCUT2D eigenvalue weighted by molar-refractivity contribution is -0.138. The maximum atomic E-state index is 12.4. The van der Waals surface area contributed by atoms with Crippen molar-refractivity contribution in [2.24, 2.45) is 5.92 Å². The second-order valence-electron chi connectivity index (χ2n) is 5.99. The molecule has 0 aromatic heterocycles. The first kappa shape index (κ1) is 16.1. The first-order valence-corrected chi connectivity index (χ1v) is 7.89. The van der Waals surface area contributed by atoms with Crippen molar-refractivity contribution < 1.29 is 19.4 Å². The minimum Gasteiger partial charge on any atom is -0.492 e. The van der Waals surface area contributed by atoms with Crippen LogP contribution in [0.4, 0.5) is 5.69 Å². The second kappa shape index (κ2) is 6.74. The normalized spacial score (nSPS) is 17.3. The van der Waals surface area contributed by atoms with E-state index in [1.54, 1.807) is 31.2 Å². The van der Waals surface area contributed by atoms with Gasteiger partial charge in [0.2, 0.25) is 5.91 Å². The van der Waals surface area contributed by atoms with Crippen LogP contribution < -0.4 is 10.1 Å². The molecule has 5 nitrogen and oxygen atoms in total. The van der Waals surface area contributed by atoms with Crippen molar-refractivity contribution in [3.8, 4) is 5.75 Å². The van der Waals surface area contributed by atoms with Gasteiger partial charge in [0.15, 0.2) is 0 Å². The molecule has 2 aromatic rings. The average molecular weight is 325 g/mol. The lowest BCUT2D eigenvalue weighted by Gasteiger charge is -2.24. The fourth-order valence-corrected chi connectivity index (χ4v) is 2.74. The summed E-state index contributed by atoms with van der Waals surface area (Å²) in [5.41, 5.74) is 2.39. The van der Waals surface area contributed by atoms with E-state index in [1.165, 1.54) is 0 Å². The molecule has 2 N–H and O–H groups in total. The summed E-state index contributed by atoms with van der Waals surface area (Å²) in [6.45, 7) is 1.99. The van der Waals surface area contributed by atoms with Crippen LogP contribution in [0.1, 0.15) is 24.0 Å². The van der Waals surface area contributed by atoms with Crippen molar-refractivity contribution in [3.63, 3.8) is 0 Å². The Morgan fingerprint density at radius 3 is 2.58 bits per heavy atom. The Hall–Kier alpha value is -2.82. The van der Waals surface area contributed by atoms with Gasteiger partial charge in [0.25, 0.3) is 0 Å². The molecule has 0 radical (unpaired) electrons. The number of rotatable bonds is 4. The van der Waals surface area contributed by atoms with Crippen LogP contribution in [0.3, 0.4) is 0 Å². The predicted octanol–water partition coefficient (Wildman–Crippen LogP) is 3.06. The molecule has 0 bridgehead atoms. The second-order valence-corrected chi connectivity index (χ2v) is 5.99. The quantitative estimate of drug-likeness (QED) is 0.906. The van der Waals surface area contributed by atoms with E-state index in [1.807, 2.05) is 24.3 Å². The van der Waals surface area contributed by atoms with Crippen LogP contribution in [-0.4, -0.2) is 23.6 Å². The summed E-state index contributed by atoms with van der Waals surface area (Å²) in [5.74, 6) is -0.933. The van der Waals surface area contributed by atoms with Crippen LogP contribution >= 0.6 is 0 Å². The number of hydrogen-bond donors (Lipinski definition) is 2. The van der Waals surface area contributed by atoms with Crippen LogP contribution in [0.25, 0.3) is 0 Å². The number of nitrogens with one attached hydrogen (secondary N) is 1. The van der Waals surface area contributed by atoms with E-state index in [9.17, 15) is 9.59 Å². The Morgan fingerprint density at radius 1 is 1.17 bits per heavy atom. The number of ether oxygens (including phenoxy) is 1. The van der Waals surface area contributed by atoms with Crippen molar-refractivity contribution in [2.45, 2.75) is 19.3 Å². The van der Waals surface area contributed by atoms with Gasteiger partial charge in [-0.05, 0) is 42.7 Å². The van der Waals surface area contributed by atoms with Gasteiger partial charge < -0.3 is 15.2 Å². The minimum absolute atomic E-state index is 0.0939. The van der Waals surface area contributed by atoms with Crippen molar-refractivity contribution >= 4 is 17.6 Å². The van der Waals surface area contributed by atoms with Crippen LogP contribution in [0.5, 0.6) is 5.75 Å². The largest absolute Gasteiger partial charge is 0.492 e. The van der Waals surface area contributed by atoms with E-state index in [-0.39, 0.29) is 11.8 Å². The zero-order chi connectivity index (χ0) is 17.1. The van der Waals surface area contributed by atoms with Gasteiger partial charge in [-0.3, -0.25) is 9.59 Å². The van der Waals surface area contributed by atoms with E-state index in [2.05, 4.69) is 5.32 Å². The summed E-state index contributed by atoms with van der Waals surface area (Å²) < 4.78 is 5.65. The van der Waals surface area contributed by atoms with Gasteiger partial charge >= 0.3 is 5.97 Å². The van der Waals surface area contributed by atoms with Gasteiger partial charge in [-0.1, -0.05) is 30.3 Å². The smallest absolute Gasteiger partial charge is 0.310 e. The molecule has 1 heterocycles. The molecule has 0 saturated heterocycles. The van der Waals surface area contributed by atoms with Crippen molar-refractivity contribution in [2.75, 3.05) is 11.9 Å². The highest BCUT2D eigenvalue weighted by Gasteiger charge is 2.25. The summed E-state index contributed by atoms with van der Waals surface area (Å²) in [7, 11) is 0. The molecule has 0 fully saturated rings. The highest BCUT2D eigenvalue weighted by atomic mass is 16.5. The molecule has 124 valence electrons. The number of carboxylic acids is 1. The first-order chi connectivity index (χ1) is 11.5. The molecule has 0 spiro atoms. The molecule has 0 saturated carbocycles. The van der Waals surface area contributed by atoms with E-state index in [0.717, 1.165) is 11.3 Å². The van der Waals surface area contributed by atoms with Gasteiger partial charge in [-0.2, -0.15) is 0 Å². The average Bonchev–Trinajstić information content (AvgIpc) is 2.61. The number of amides is 1. The Kier molecular flexibility index (Phi) is 4.51. The Morgan fingerprint density at radius 2 is 1.88 bits per heavy atom. The lowest BCUT2D eigenvalue weighted by Crippen LogP contribution is -2.32. The topological polar surface area (TPSA) is 75.6 Å². The SMILES string of the molecule is CC(C(=O)O)c1ccc(NC(=O)C2COc3ccccc3C2)cc1. The number of anilines is 1. The van der Waals surface area contributed by atoms with Crippen molar-refractivity contribution in [3.05, 3.63) is 59.7 Å². The molecule has 2 atom stereocenters. The number of fused-ring (bicyclic) bond motifs is 1. The molecule has 24 heavy (non-hydrogen) atoms. The molecule has 2 aromatic carbocycles. The molecule has 0 aliphatic carbocycles. The third-order valence-corrected chi connectivity index (χ3v) is 4.30. The molecule has 1 amide bonds. The summed E-state index contributed by atoms with van der Waals surface area (Å²) >= 11 is 0. The summed E-state index contributed by atoms with van der Waals surface area (Å²) in [6, 6.07) is 14.6. The zero-order valence-corrected chi connectivity index (χ0v) is 13.4. The summed E-state index contributed by atoms with van der Waals surface area (Å²) in [6.07, 6.45) is 0.649. The fourth-order valence-electron chi connectivity index (χ4n) is 2.74. The van der Waals surface area contributed by atoms with Crippen LogP contribution in [0.15, 0.2) is 48.5 Å². The highest BCUT2D eigenvalue weighted by molar-refractivity contribution is 5.93. The summed E-state index contributed by atoms with van der Waals surface area (Å²) in [4.78, 5) is 23.4. The molecule has 2 unspecified atom stereocenters. The van der Waals surface area contributed by atoms with E-state index in [4.69, 9.17) is 9.84 Å². The highest BCUT2D eigenvalue weighted by Crippen LogP contribution is 2.27. The number of carbonyl (C=O) groups is 2. The van der Waals surface area contributed by atoms with Crippen LogP contribution in [-0.2, 0) is 16.0 Å². The molecule has 3 rings (SSSR count). The maximum absolute atomic E-state index is 12.4. The van der Waals surface area contributed by atoms with E-state index in [0.29, 0.717) is 24.3 Å². The third kappa shape index (κ3) is 3.40. The Balaban J connectivity index is 1.64. The molecule has 1 aliphatic rings. The first-order valence-electron chi connectivity index (χ1n) is 7.89. The van der Waals surface area contributed by atoms with Gasteiger partial charge in [0, 0.05) is 5.69 Å². The fraction of sp³-hybridized carbons (Fsp3) is 0.263. The molecular formula is C19H19NO4. The zero-order valence-electron chi connectivity index (χ0n) is 13.4. The van der Waals surface area contributed by atoms with Gasteiger partial charge in [0.05, 0.1) is 11.8 Å². The predicted molar refractivity (Wildman–Crippen MR) is 90.3 cm³/mol. The molecule has 5 heteroatoms. The number of aliphatic carboxylic acids is 1.